The van der Waals surface area contributed by atoms with Crippen LogP contribution in [0.1, 0.15) is 15.2 Å². The molecule has 1 amide bonds. The standard InChI is InChI=1S/C24H23NO7S/c1-28-17-6-7-19(21(13-17)29-2)24(27)32-15-23(26)25(14-18-4-3-11-33-18)16-5-8-20-22(12-16)31-10-9-30-20/h3-8,11-13H,9-10,14-15H2,1-2H3. The zero-order chi connectivity index (χ0) is 23.2. The van der Waals surface area contributed by atoms with Gasteiger partial charge in [-0.05, 0) is 35.7 Å². The largest absolute Gasteiger partial charge is 0.497 e. The van der Waals surface area contributed by atoms with Gasteiger partial charge in [-0.2, -0.15) is 0 Å². The molecule has 0 radical (unpaired) electrons. The van der Waals surface area contributed by atoms with Gasteiger partial charge in [0.2, 0.25) is 0 Å². The van der Waals surface area contributed by atoms with Gasteiger partial charge < -0.3 is 28.6 Å². The number of amides is 1. The molecule has 0 unspecified atom stereocenters. The summed E-state index contributed by atoms with van der Waals surface area (Å²) >= 11 is 1.54. The summed E-state index contributed by atoms with van der Waals surface area (Å²) in [6, 6.07) is 13.9. The molecule has 0 saturated carbocycles. The average molecular weight is 470 g/mol. The highest BCUT2D eigenvalue weighted by molar-refractivity contribution is 7.09. The molecule has 1 aliphatic rings. The fourth-order valence-corrected chi connectivity index (χ4v) is 4.02. The van der Waals surface area contributed by atoms with Crippen molar-refractivity contribution >= 4 is 28.9 Å². The van der Waals surface area contributed by atoms with Crippen molar-refractivity contribution < 1.29 is 33.3 Å². The second kappa shape index (κ2) is 10.3. The van der Waals surface area contributed by atoms with Crippen molar-refractivity contribution in [1.82, 2.24) is 0 Å². The van der Waals surface area contributed by atoms with Crippen molar-refractivity contribution in [3.05, 3.63) is 64.4 Å². The Kier molecular flexibility index (Phi) is 6.99. The maximum absolute atomic E-state index is 13.2. The lowest BCUT2D eigenvalue weighted by atomic mass is 10.2. The molecule has 1 aromatic heterocycles. The maximum atomic E-state index is 13.2. The van der Waals surface area contributed by atoms with Gasteiger partial charge in [0.25, 0.3) is 5.91 Å². The van der Waals surface area contributed by atoms with Gasteiger partial charge in [0.15, 0.2) is 18.1 Å². The lowest BCUT2D eigenvalue weighted by molar-refractivity contribution is -0.121. The zero-order valence-electron chi connectivity index (χ0n) is 18.2. The number of hydrogen-bond donors (Lipinski definition) is 0. The predicted molar refractivity (Wildman–Crippen MR) is 123 cm³/mol. The van der Waals surface area contributed by atoms with Crippen LogP contribution in [-0.2, 0) is 16.1 Å². The van der Waals surface area contributed by atoms with Gasteiger partial charge in [0.1, 0.15) is 30.3 Å². The van der Waals surface area contributed by atoms with Crippen LogP contribution in [0.15, 0.2) is 53.9 Å². The minimum Gasteiger partial charge on any atom is -0.497 e. The molecule has 0 aliphatic carbocycles. The van der Waals surface area contributed by atoms with E-state index >= 15 is 0 Å². The van der Waals surface area contributed by atoms with Gasteiger partial charge in [0.05, 0.1) is 20.8 Å². The number of ether oxygens (including phenoxy) is 5. The van der Waals surface area contributed by atoms with E-state index < -0.39 is 12.6 Å². The molecule has 9 heteroatoms. The smallest absolute Gasteiger partial charge is 0.342 e. The van der Waals surface area contributed by atoms with Crippen molar-refractivity contribution in [2.75, 3.05) is 38.9 Å². The molecule has 0 fully saturated rings. The fourth-order valence-electron chi connectivity index (χ4n) is 3.33. The number of carbonyl (C=O) groups excluding carboxylic acids is 2. The third-order valence-corrected chi connectivity index (χ3v) is 5.85. The minimum absolute atomic E-state index is 0.204. The van der Waals surface area contributed by atoms with Crippen LogP contribution >= 0.6 is 11.3 Å². The summed E-state index contributed by atoms with van der Waals surface area (Å²) in [7, 11) is 2.97. The Balaban J connectivity index is 1.52. The van der Waals surface area contributed by atoms with Crippen LogP contribution in [0.5, 0.6) is 23.0 Å². The quantitative estimate of drug-likeness (QED) is 0.462. The molecule has 4 rings (SSSR count). The molecular weight excluding hydrogens is 446 g/mol. The van der Waals surface area contributed by atoms with Crippen LogP contribution in [0.25, 0.3) is 0 Å². The first kappa shape index (κ1) is 22.5. The van der Waals surface area contributed by atoms with Gasteiger partial charge in [0, 0.05) is 22.7 Å². The lowest BCUT2D eigenvalue weighted by Gasteiger charge is -2.25. The summed E-state index contributed by atoms with van der Waals surface area (Å²) in [6.07, 6.45) is 0. The monoisotopic (exact) mass is 469 g/mol. The van der Waals surface area contributed by atoms with Gasteiger partial charge in [-0.3, -0.25) is 4.79 Å². The van der Waals surface area contributed by atoms with Crippen LogP contribution in [0.2, 0.25) is 0 Å². The number of thiophene rings is 1. The molecule has 0 N–H and O–H groups in total. The highest BCUT2D eigenvalue weighted by Crippen LogP contribution is 2.35. The van der Waals surface area contributed by atoms with E-state index in [1.807, 2.05) is 17.5 Å². The highest BCUT2D eigenvalue weighted by atomic mass is 32.1. The number of nitrogens with zero attached hydrogens (tertiary/aromatic N) is 1. The van der Waals surface area contributed by atoms with Crippen LogP contribution in [0.3, 0.4) is 0 Å². The number of benzene rings is 2. The van der Waals surface area contributed by atoms with E-state index in [1.54, 1.807) is 35.2 Å². The molecule has 3 aromatic rings. The molecular formula is C24H23NO7S. The first-order valence-corrected chi connectivity index (χ1v) is 11.1. The summed E-state index contributed by atoms with van der Waals surface area (Å²) in [5, 5.41) is 1.94. The number of rotatable bonds is 8. The predicted octanol–water partition coefficient (Wildman–Crippen LogP) is 3.93. The van der Waals surface area contributed by atoms with Crippen molar-refractivity contribution in [3.8, 4) is 23.0 Å². The molecule has 1 aliphatic heterocycles. The van der Waals surface area contributed by atoms with E-state index in [2.05, 4.69) is 0 Å². The van der Waals surface area contributed by atoms with E-state index in [0.29, 0.717) is 48.4 Å². The molecule has 2 aromatic carbocycles. The fraction of sp³-hybridized carbons (Fsp3) is 0.250. The Morgan fingerprint density at radius 1 is 1.00 bits per heavy atom. The number of carbonyl (C=O) groups is 2. The van der Waals surface area contributed by atoms with Crippen molar-refractivity contribution in [2.45, 2.75) is 6.54 Å². The summed E-state index contributed by atoms with van der Waals surface area (Å²) in [5.74, 6) is 1.01. The maximum Gasteiger partial charge on any atom is 0.342 e. The zero-order valence-corrected chi connectivity index (χ0v) is 19.1. The molecule has 0 saturated heterocycles. The van der Waals surface area contributed by atoms with Crippen molar-refractivity contribution in [1.29, 1.82) is 0 Å². The molecule has 172 valence electrons. The van der Waals surface area contributed by atoms with Crippen LogP contribution < -0.4 is 23.8 Å². The van der Waals surface area contributed by atoms with E-state index in [4.69, 9.17) is 23.7 Å². The summed E-state index contributed by atoms with van der Waals surface area (Å²) in [5.41, 5.74) is 0.825. The van der Waals surface area contributed by atoms with Crippen LogP contribution in [0.4, 0.5) is 5.69 Å². The summed E-state index contributed by atoms with van der Waals surface area (Å²) in [4.78, 5) is 28.4. The highest BCUT2D eigenvalue weighted by Gasteiger charge is 2.23. The van der Waals surface area contributed by atoms with Gasteiger partial charge in [-0.25, -0.2) is 4.79 Å². The third-order valence-electron chi connectivity index (χ3n) is 4.99. The molecule has 0 bridgehead atoms. The molecule has 0 atom stereocenters. The van der Waals surface area contributed by atoms with Gasteiger partial charge in [-0.1, -0.05) is 6.07 Å². The number of fused-ring (bicyclic) bond motifs is 1. The second-order valence-corrected chi connectivity index (χ2v) is 8.06. The van der Waals surface area contributed by atoms with E-state index in [0.717, 1.165) is 4.88 Å². The van der Waals surface area contributed by atoms with Crippen molar-refractivity contribution in [3.63, 3.8) is 0 Å². The van der Waals surface area contributed by atoms with E-state index in [1.165, 1.54) is 31.6 Å². The minimum atomic E-state index is -0.666. The first-order chi connectivity index (χ1) is 16.1. The summed E-state index contributed by atoms with van der Waals surface area (Å²) in [6.45, 7) is 0.818. The van der Waals surface area contributed by atoms with Crippen LogP contribution in [-0.4, -0.2) is 45.9 Å². The van der Waals surface area contributed by atoms with Crippen molar-refractivity contribution in [2.24, 2.45) is 0 Å². The number of hydrogen-bond acceptors (Lipinski definition) is 8. The Morgan fingerprint density at radius 3 is 2.55 bits per heavy atom. The van der Waals surface area contributed by atoms with E-state index in [9.17, 15) is 9.59 Å². The lowest BCUT2D eigenvalue weighted by Crippen LogP contribution is -2.34. The Labute approximate surface area is 195 Å². The number of esters is 1. The number of anilines is 1. The Bertz CT molecular complexity index is 1130. The number of methoxy groups -OCH3 is 2. The normalized spacial score (nSPS) is 12.1. The first-order valence-electron chi connectivity index (χ1n) is 10.2. The Hall–Kier alpha value is -3.72. The topological polar surface area (TPSA) is 83.5 Å². The summed E-state index contributed by atoms with van der Waals surface area (Å²) < 4.78 is 27.0. The molecule has 33 heavy (non-hydrogen) atoms. The molecule has 2 heterocycles. The van der Waals surface area contributed by atoms with E-state index in [-0.39, 0.29) is 11.5 Å². The van der Waals surface area contributed by atoms with Gasteiger partial charge in [-0.15, -0.1) is 11.3 Å². The Morgan fingerprint density at radius 2 is 1.82 bits per heavy atom. The van der Waals surface area contributed by atoms with Crippen LogP contribution in [0, 0.1) is 0 Å². The molecule has 0 spiro atoms. The average Bonchev–Trinajstić information content (AvgIpc) is 3.38. The molecule has 8 nitrogen and oxygen atoms in total. The SMILES string of the molecule is COc1ccc(C(=O)OCC(=O)N(Cc2cccs2)c2ccc3c(c2)OCCO3)c(OC)c1. The second-order valence-electron chi connectivity index (χ2n) is 7.03. The van der Waals surface area contributed by atoms with Gasteiger partial charge >= 0.3 is 5.97 Å². The third kappa shape index (κ3) is 5.20.